The summed E-state index contributed by atoms with van der Waals surface area (Å²) in [5.41, 5.74) is 3.67. The Hall–Kier alpha value is -4.20. The van der Waals surface area contributed by atoms with Gasteiger partial charge in [-0.25, -0.2) is 10.4 Å². The van der Waals surface area contributed by atoms with Gasteiger partial charge in [-0.3, -0.25) is 9.78 Å². The van der Waals surface area contributed by atoms with E-state index in [1.54, 1.807) is 37.4 Å². The van der Waals surface area contributed by atoms with Crippen LogP contribution in [0.1, 0.15) is 24.0 Å². The van der Waals surface area contributed by atoms with Gasteiger partial charge in [-0.05, 0) is 18.6 Å². The lowest BCUT2D eigenvalue weighted by Crippen LogP contribution is -2.26. The lowest BCUT2D eigenvalue weighted by molar-refractivity contribution is -0.183. The number of methoxy groups -OCH3 is 1. The van der Waals surface area contributed by atoms with Gasteiger partial charge in [0.2, 0.25) is 5.95 Å². The fourth-order valence-electron chi connectivity index (χ4n) is 3.51. The highest BCUT2D eigenvalue weighted by Gasteiger charge is 2.16. The normalized spacial score (nSPS) is 13.9. The molecule has 2 aromatic carbocycles. The molecule has 0 unspecified atom stereocenters. The molecule has 4 rings (SSSR count). The van der Waals surface area contributed by atoms with E-state index < -0.39 is 5.56 Å². The summed E-state index contributed by atoms with van der Waals surface area (Å²) in [5, 5.41) is 13.6. The maximum Gasteiger partial charge on any atom is 0.270 e. The predicted octanol–water partition coefficient (Wildman–Crippen LogP) is 3.30. The summed E-state index contributed by atoms with van der Waals surface area (Å²) >= 11 is 0. The highest BCUT2D eigenvalue weighted by atomic mass is 16.7. The Morgan fingerprint density at radius 2 is 2.03 bits per heavy atom. The molecule has 3 aromatic rings. The summed E-state index contributed by atoms with van der Waals surface area (Å²) in [4.78, 5) is 19.3. The Morgan fingerprint density at radius 1 is 1.23 bits per heavy atom. The zero-order valence-corrected chi connectivity index (χ0v) is 19.2. The molecule has 0 amide bonds. The summed E-state index contributed by atoms with van der Waals surface area (Å²) in [7, 11) is 1.56. The van der Waals surface area contributed by atoms with Crippen LogP contribution in [0.5, 0.6) is 11.5 Å². The molecule has 0 aliphatic carbocycles. The van der Waals surface area contributed by atoms with Gasteiger partial charge in [0.15, 0.2) is 17.8 Å². The molecule has 2 heterocycles. The van der Waals surface area contributed by atoms with Crippen molar-refractivity contribution in [3.05, 3.63) is 70.0 Å². The van der Waals surface area contributed by atoms with Gasteiger partial charge >= 0.3 is 0 Å². The minimum absolute atomic E-state index is 0.0693. The Balaban J connectivity index is 1.51. The Bertz CT molecular complexity index is 1260. The first kappa shape index (κ1) is 23.9. The molecule has 0 radical (unpaired) electrons. The topological polar surface area (TPSA) is 131 Å². The van der Waals surface area contributed by atoms with Crippen molar-refractivity contribution in [3.63, 3.8) is 0 Å². The van der Waals surface area contributed by atoms with Crippen LogP contribution in [-0.2, 0) is 9.47 Å². The average Bonchev–Trinajstić information content (AvgIpc) is 2.90. The summed E-state index contributed by atoms with van der Waals surface area (Å²) in [6.07, 6.45) is 2.72. The number of anilines is 1. The average molecular weight is 476 g/mol. The minimum Gasteiger partial charge on any atom is -0.493 e. The summed E-state index contributed by atoms with van der Waals surface area (Å²) < 4.78 is 22.5. The summed E-state index contributed by atoms with van der Waals surface area (Å²) in [5.74, 6) is 1.17. The Kier molecular flexibility index (Phi) is 8.06. The molecular weight excluding hydrogens is 450 g/mol. The number of aromatic amines is 1. The Labute approximate surface area is 202 Å². The fourth-order valence-corrected chi connectivity index (χ4v) is 3.51. The van der Waals surface area contributed by atoms with E-state index in [9.17, 15) is 10.1 Å². The molecular formula is C25H25N5O5. The monoisotopic (exact) mass is 475 g/mol. The van der Waals surface area contributed by atoms with Crippen LogP contribution in [0.25, 0.3) is 11.3 Å². The second kappa shape index (κ2) is 11.8. The fraction of sp³-hybridized carbons (Fsp3) is 0.280. The van der Waals surface area contributed by atoms with Crippen molar-refractivity contribution in [1.82, 2.24) is 9.97 Å². The van der Waals surface area contributed by atoms with Crippen molar-refractivity contribution in [2.24, 2.45) is 5.10 Å². The molecule has 1 aliphatic rings. The van der Waals surface area contributed by atoms with E-state index in [0.29, 0.717) is 48.9 Å². The maximum atomic E-state index is 12.4. The number of nitrogens with zero attached hydrogens (tertiary/aromatic N) is 3. The number of H-pyrrole nitrogens is 1. The number of rotatable bonds is 9. The summed E-state index contributed by atoms with van der Waals surface area (Å²) in [6.45, 7) is 1.73. The highest BCUT2D eigenvalue weighted by Crippen LogP contribution is 2.30. The summed E-state index contributed by atoms with van der Waals surface area (Å²) in [6, 6.07) is 16.4. The van der Waals surface area contributed by atoms with Crippen LogP contribution in [0, 0.1) is 11.3 Å². The smallest absolute Gasteiger partial charge is 0.270 e. The second-order valence-electron chi connectivity index (χ2n) is 7.53. The predicted molar refractivity (Wildman–Crippen MR) is 130 cm³/mol. The molecule has 1 fully saturated rings. The number of nitrogens with one attached hydrogen (secondary N) is 2. The number of hydrogen-bond acceptors (Lipinski definition) is 9. The molecule has 2 N–H and O–H groups in total. The number of hydrazone groups is 1. The maximum absolute atomic E-state index is 12.4. The third kappa shape index (κ3) is 6.03. The van der Waals surface area contributed by atoms with Crippen LogP contribution in [-0.4, -0.2) is 49.4 Å². The van der Waals surface area contributed by atoms with E-state index in [1.807, 2.05) is 24.3 Å². The van der Waals surface area contributed by atoms with Crippen LogP contribution >= 0.6 is 0 Å². The number of benzene rings is 2. The van der Waals surface area contributed by atoms with Crippen molar-refractivity contribution in [2.45, 2.75) is 19.1 Å². The number of aromatic nitrogens is 2. The van der Waals surface area contributed by atoms with Gasteiger partial charge in [0.25, 0.3) is 5.56 Å². The first-order chi connectivity index (χ1) is 17.2. The van der Waals surface area contributed by atoms with Crippen molar-refractivity contribution >= 4 is 12.2 Å². The van der Waals surface area contributed by atoms with Crippen molar-refractivity contribution in [2.75, 3.05) is 32.4 Å². The van der Waals surface area contributed by atoms with E-state index in [2.05, 4.69) is 20.5 Å². The molecule has 0 bridgehead atoms. The van der Waals surface area contributed by atoms with Gasteiger partial charge in [0.1, 0.15) is 11.6 Å². The van der Waals surface area contributed by atoms with Crippen LogP contribution in [0.3, 0.4) is 0 Å². The molecule has 10 nitrogen and oxygen atoms in total. The molecule has 10 heteroatoms. The number of nitriles is 1. The molecule has 180 valence electrons. The van der Waals surface area contributed by atoms with Crippen LogP contribution in [0.4, 0.5) is 5.95 Å². The molecule has 0 atom stereocenters. The first-order valence-corrected chi connectivity index (χ1v) is 11.1. The second-order valence-corrected chi connectivity index (χ2v) is 7.53. The van der Waals surface area contributed by atoms with Gasteiger partial charge in [-0.2, -0.15) is 10.4 Å². The van der Waals surface area contributed by atoms with Crippen LogP contribution in [0.2, 0.25) is 0 Å². The molecule has 1 aliphatic heterocycles. The lowest BCUT2D eigenvalue weighted by Gasteiger charge is -2.23. The molecule has 0 spiro atoms. The van der Waals surface area contributed by atoms with Gasteiger partial charge in [0, 0.05) is 17.5 Å². The molecule has 1 saturated heterocycles. The van der Waals surface area contributed by atoms with Crippen molar-refractivity contribution in [3.8, 4) is 28.8 Å². The number of hydrogen-bond donors (Lipinski definition) is 2. The number of ether oxygens (including phenoxy) is 4. The van der Waals surface area contributed by atoms with Gasteiger partial charge < -0.3 is 18.9 Å². The quantitative estimate of drug-likeness (QED) is 0.356. The highest BCUT2D eigenvalue weighted by molar-refractivity contribution is 5.85. The largest absolute Gasteiger partial charge is 0.493 e. The molecule has 1 aromatic heterocycles. The van der Waals surface area contributed by atoms with Crippen LogP contribution < -0.4 is 20.5 Å². The zero-order chi connectivity index (χ0) is 24.5. The molecule has 0 saturated carbocycles. The third-order valence-corrected chi connectivity index (χ3v) is 5.18. The van der Waals surface area contributed by atoms with Gasteiger partial charge in [-0.15, -0.1) is 0 Å². The molecule has 35 heavy (non-hydrogen) atoms. The van der Waals surface area contributed by atoms with Crippen LogP contribution in [0.15, 0.2) is 58.4 Å². The van der Waals surface area contributed by atoms with E-state index in [0.717, 1.165) is 6.42 Å². The Morgan fingerprint density at radius 3 is 2.77 bits per heavy atom. The lowest BCUT2D eigenvalue weighted by atomic mass is 10.1. The standard InChI is InChI=1S/C25H25N5O5/c1-32-20-10-5-9-18(23(20)35-14-11-21-33-12-6-13-34-21)16-27-30-25-28-22(17-7-3-2-4-8-17)19(15-26)24(31)29-25/h2-5,7-10,16,21H,6,11-14H2,1H3,(H2,28,29,30,31). The van der Waals surface area contributed by atoms with Crippen molar-refractivity contribution in [1.29, 1.82) is 5.26 Å². The minimum atomic E-state index is -0.559. The van der Waals surface area contributed by atoms with Gasteiger partial charge in [-0.1, -0.05) is 36.4 Å². The van der Waals surface area contributed by atoms with Crippen molar-refractivity contribution < 1.29 is 18.9 Å². The van der Waals surface area contributed by atoms with E-state index >= 15 is 0 Å². The SMILES string of the molecule is COc1cccc(C=NNc2nc(-c3ccccc3)c(C#N)c(=O)[nH]2)c1OCCC1OCCCO1. The third-order valence-electron chi connectivity index (χ3n) is 5.18. The van der Waals surface area contributed by atoms with Gasteiger partial charge in [0.05, 0.1) is 38.8 Å². The number of para-hydroxylation sites is 1. The van der Waals surface area contributed by atoms with E-state index in [-0.39, 0.29) is 23.5 Å². The zero-order valence-electron chi connectivity index (χ0n) is 19.2. The van der Waals surface area contributed by atoms with E-state index in [1.165, 1.54) is 6.21 Å². The first-order valence-electron chi connectivity index (χ1n) is 11.1. The van der Waals surface area contributed by atoms with E-state index in [4.69, 9.17) is 18.9 Å².